The van der Waals surface area contributed by atoms with Crippen LogP contribution in [0.3, 0.4) is 0 Å². The normalized spacial score (nSPS) is 15.1. The van der Waals surface area contributed by atoms with Crippen molar-refractivity contribution in [3.05, 3.63) is 46.8 Å². The van der Waals surface area contributed by atoms with Crippen LogP contribution < -0.4 is 10.4 Å². The highest BCUT2D eigenvalue weighted by atomic mass is 16.4. The number of benzene rings is 1. The number of aryl methyl sites for hydroxylation is 4. The molecule has 0 saturated carbocycles. The van der Waals surface area contributed by atoms with E-state index in [0.717, 1.165) is 59.5 Å². The van der Waals surface area contributed by atoms with E-state index < -0.39 is 5.97 Å². The number of piperidine rings is 1. The minimum Gasteiger partial charge on any atom is -0.481 e. The number of rotatable bonds is 4. The Morgan fingerprint density at radius 1 is 1.10 bits per heavy atom. The van der Waals surface area contributed by atoms with Crippen molar-refractivity contribution < 1.29 is 9.90 Å². The average Bonchev–Trinajstić information content (AvgIpc) is 2.96. The molecule has 1 aliphatic rings. The van der Waals surface area contributed by atoms with Gasteiger partial charge >= 0.3 is 5.97 Å². The number of carboxylic acids is 1. The Hall–Kier alpha value is -2.76. The number of hydrogen-bond donors (Lipinski definition) is 1. The molecule has 154 valence electrons. The summed E-state index contributed by atoms with van der Waals surface area (Å²) in [5, 5.41) is 10.3. The smallest absolute Gasteiger partial charge is 0.303 e. The van der Waals surface area contributed by atoms with Crippen molar-refractivity contribution in [1.82, 2.24) is 9.55 Å². The minimum atomic E-state index is -0.697. The highest BCUT2D eigenvalue weighted by Gasteiger charge is 2.25. The van der Waals surface area contributed by atoms with Crippen LogP contribution in [0.5, 0.6) is 0 Å². The zero-order valence-corrected chi connectivity index (χ0v) is 18.2. The molecule has 3 heterocycles. The molecule has 0 atom stereocenters. The van der Waals surface area contributed by atoms with E-state index in [-0.39, 0.29) is 12.3 Å². The number of carbonyl (C=O) groups is 1. The molecule has 1 fully saturated rings. The third-order valence-corrected chi connectivity index (χ3v) is 6.23. The maximum absolute atomic E-state index is 11.1. The molecule has 0 unspecified atom stereocenters. The van der Waals surface area contributed by atoms with Gasteiger partial charge in [-0.1, -0.05) is 17.6 Å². The predicted octanol–water partition coefficient (Wildman–Crippen LogP) is 3.74. The second kappa shape index (κ2) is 7.82. The van der Waals surface area contributed by atoms with Gasteiger partial charge in [0.05, 0.1) is 5.69 Å². The Morgan fingerprint density at radius 3 is 2.33 bits per heavy atom. The number of hydrogen-bond acceptors (Lipinski definition) is 3. The van der Waals surface area contributed by atoms with Crippen LogP contribution in [0.2, 0.25) is 0 Å². The molecule has 0 amide bonds. The lowest BCUT2D eigenvalue weighted by atomic mass is 9.91. The first-order valence-corrected chi connectivity index (χ1v) is 10.6. The summed E-state index contributed by atoms with van der Waals surface area (Å²) in [6, 6.07) is 6.18. The van der Waals surface area contributed by atoms with Crippen LogP contribution in [0, 0.1) is 33.6 Å². The van der Waals surface area contributed by atoms with Gasteiger partial charge < -0.3 is 14.6 Å². The number of nitrogens with zero attached hydrogens (tertiary/aromatic N) is 3. The van der Waals surface area contributed by atoms with Crippen molar-refractivity contribution in [2.75, 3.05) is 18.0 Å². The van der Waals surface area contributed by atoms with Crippen LogP contribution >= 0.6 is 0 Å². The topological polar surface area (TPSA) is 58.4 Å². The molecule has 4 rings (SSSR count). The summed E-state index contributed by atoms with van der Waals surface area (Å²) in [5.41, 5.74) is 8.50. The lowest BCUT2D eigenvalue weighted by Crippen LogP contribution is -2.34. The molecule has 2 radical (unpaired) electrons. The molecule has 0 spiro atoms. The highest BCUT2D eigenvalue weighted by Crippen LogP contribution is 2.36. The van der Waals surface area contributed by atoms with E-state index in [2.05, 4.69) is 42.5 Å². The number of anilines is 1. The fraction of sp³-hybridized carbons (Fsp3) is 0.417. The van der Waals surface area contributed by atoms with Crippen molar-refractivity contribution in [1.29, 1.82) is 0 Å². The van der Waals surface area contributed by atoms with Crippen LogP contribution in [-0.2, 0) is 4.79 Å². The summed E-state index contributed by atoms with van der Waals surface area (Å²) in [6.45, 7) is 10.1. The second-order valence-electron chi connectivity index (χ2n) is 8.70. The summed E-state index contributed by atoms with van der Waals surface area (Å²) >= 11 is 0. The Balaban J connectivity index is 1.79. The van der Waals surface area contributed by atoms with Gasteiger partial charge in [-0.25, -0.2) is 4.98 Å². The van der Waals surface area contributed by atoms with Crippen molar-refractivity contribution >= 4 is 36.0 Å². The lowest BCUT2D eigenvalue weighted by Gasteiger charge is -2.33. The first-order valence-electron chi connectivity index (χ1n) is 10.6. The molecule has 30 heavy (non-hydrogen) atoms. The van der Waals surface area contributed by atoms with Gasteiger partial charge in [0.25, 0.3) is 0 Å². The van der Waals surface area contributed by atoms with Crippen LogP contribution in [0.1, 0.15) is 41.6 Å². The lowest BCUT2D eigenvalue weighted by molar-refractivity contribution is -0.138. The van der Waals surface area contributed by atoms with E-state index >= 15 is 0 Å². The monoisotopic (exact) mass is 401 g/mol. The van der Waals surface area contributed by atoms with E-state index in [1.165, 1.54) is 16.6 Å². The molecule has 5 nitrogen and oxygen atoms in total. The molecule has 6 heteroatoms. The zero-order chi connectivity index (χ0) is 21.6. The summed E-state index contributed by atoms with van der Waals surface area (Å²) in [6.07, 6.45) is 4.25. The molecule has 0 aliphatic carbocycles. The fourth-order valence-electron chi connectivity index (χ4n) is 4.93. The summed E-state index contributed by atoms with van der Waals surface area (Å²) in [5.74, 6) is -0.430. The van der Waals surface area contributed by atoms with Gasteiger partial charge in [-0.3, -0.25) is 4.79 Å². The van der Waals surface area contributed by atoms with Crippen molar-refractivity contribution in [3.63, 3.8) is 0 Å². The molecule has 1 aromatic carbocycles. The first kappa shape index (κ1) is 20.5. The molecule has 2 aromatic heterocycles. The third kappa shape index (κ3) is 3.71. The Labute approximate surface area is 179 Å². The summed E-state index contributed by atoms with van der Waals surface area (Å²) < 4.78 is 2.20. The van der Waals surface area contributed by atoms with Crippen molar-refractivity contribution in [2.24, 2.45) is 5.92 Å². The van der Waals surface area contributed by atoms with Gasteiger partial charge in [0.15, 0.2) is 0 Å². The Kier molecular flexibility index (Phi) is 5.35. The molecule has 1 N–H and O–H groups in total. The number of carboxylic acid groups (broad SMARTS) is 1. The number of aliphatic carboxylic acids is 1. The van der Waals surface area contributed by atoms with Gasteiger partial charge in [0, 0.05) is 42.5 Å². The molecule has 3 aromatic rings. The van der Waals surface area contributed by atoms with Crippen molar-refractivity contribution in [2.45, 2.75) is 47.0 Å². The Morgan fingerprint density at radius 2 is 1.73 bits per heavy atom. The fourth-order valence-corrected chi connectivity index (χ4v) is 4.93. The largest absolute Gasteiger partial charge is 0.481 e. The summed E-state index contributed by atoms with van der Waals surface area (Å²) in [7, 11) is 6.04. The van der Waals surface area contributed by atoms with Gasteiger partial charge in [0.2, 0.25) is 0 Å². The predicted molar refractivity (Wildman–Crippen MR) is 123 cm³/mol. The maximum Gasteiger partial charge on any atom is 0.303 e. The maximum atomic E-state index is 11.1. The highest BCUT2D eigenvalue weighted by molar-refractivity contribution is 6.32. The first-order chi connectivity index (χ1) is 14.2. The van der Waals surface area contributed by atoms with Gasteiger partial charge in [-0.05, 0) is 69.2 Å². The van der Waals surface area contributed by atoms with Gasteiger partial charge in [-0.15, -0.1) is 0 Å². The van der Waals surface area contributed by atoms with Gasteiger partial charge in [-0.2, -0.15) is 0 Å². The third-order valence-electron chi connectivity index (χ3n) is 6.23. The molecule has 1 saturated heterocycles. The minimum absolute atomic E-state index is 0.267. The number of pyridine rings is 1. The van der Waals surface area contributed by atoms with Crippen LogP contribution in [0.15, 0.2) is 24.4 Å². The quantitative estimate of drug-likeness (QED) is 0.677. The van der Waals surface area contributed by atoms with Crippen LogP contribution in [0.25, 0.3) is 16.7 Å². The average molecular weight is 401 g/mol. The number of fused-ring (bicyclic) bond motifs is 1. The molecular formula is C24H28BN3O2. The van der Waals surface area contributed by atoms with E-state index in [1.807, 2.05) is 19.1 Å². The molecule has 1 aliphatic heterocycles. The Bertz CT molecular complexity index is 1100. The van der Waals surface area contributed by atoms with E-state index in [0.29, 0.717) is 0 Å². The second-order valence-corrected chi connectivity index (χ2v) is 8.70. The van der Waals surface area contributed by atoms with Crippen LogP contribution in [0.4, 0.5) is 5.69 Å². The van der Waals surface area contributed by atoms with E-state index in [4.69, 9.17) is 17.9 Å². The molecule has 0 bridgehead atoms. The summed E-state index contributed by atoms with van der Waals surface area (Å²) in [4.78, 5) is 18.4. The standard InChI is InChI=1S/C24H28BN3O2/c1-14-9-19(25)10-15(2)23(14)28-13-16(3)22-20(11-17(4)26-24(22)28)27-7-5-18(6-8-27)12-21(29)30/h9-11,13,18H,5-8,12H2,1-4H3,(H,29,30). The van der Waals surface area contributed by atoms with Gasteiger partial charge in [0.1, 0.15) is 13.5 Å². The molecular weight excluding hydrogens is 373 g/mol. The van der Waals surface area contributed by atoms with E-state index in [9.17, 15) is 4.79 Å². The SMILES string of the molecule is [B]c1cc(C)c(-n2cc(C)c3c(N4CCC(CC(=O)O)CC4)cc(C)nc32)c(C)c1. The van der Waals surface area contributed by atoms with Crippen LogP contribution in [-0.4, -0.2) is 41.6 Å². The zero-order valence-electron chi connectivity index (χ0n) is 18.2. The van der Waals surface area contributed by atoms with Crippen molar-refractivity contribution in [3.8, 4) is 5.69 Å². The van der Waals surface area contributed by atoms with E-state index in [1.54, 1.807) is 0 Å². The number of aromatic nitrogens is 2.